The zero-order valence-corrected chi connectivity index (χ0v) is 82.1. The highest BCUT2D eigenvalue weighted by molar-refractivity contribution is 7.15. The van der Waals surface area contributed by atoms with Crippen LogP contribution in [0, 0.1) is 54.8 Å². The van der Waals surface area contributed by atoms with Gasteiger partial charge in [-0.25, -0.2) is 56.5 Å². The van der Waals surface area contributed by atoms with Gasteiger partial charge < -0.3 is 32.9 Å². The van der Waals surface area contributed by atoms with Crippen molar-refractivity contribution >= 4 is 84.6 Å². The second kappa shape index (κ2) is 52.7. The van der Waals surface area contributed by atoms with Gasteiger partial charge in [-0.15, -0.1) is 24.2 Å². The number of hydrogen-bond donors (Lipinski definition) is 8. The Kier molecular flexibility index (Phi) is 52.2. The minimum absolute atomic E-state index is 0. The number of allylic oxidation sites excluding steroid dienone is 1. The number of ether oxygens (including phenoxy) is 5. The van der Waals surface area contributed by atoms with Crippen molar-refractivity contribution in [2.45, 2.75) is 353 Å². The number of halogens is 2. The van der Waals surface area contributed by atoms with E-state index in [4.69, 9.17) is 56.6 Å². The Hall–Kier alpha value is -7.43. The monoisotopic (exact) mass is 1720 g/mol. The van der Waals surface area contributed by atoms with E-state index in [1.165, 1.54) is 10.6 Å². The third-order valence-electron chi connectivity index (χ3n) is 15.5. The molecule has 1 aliphatic heterocycles. The number of hydrogen-bond acceptors (Lipinski definition) is 19. The van der Waals surface area contributed by atoms with Gasteiger partial charge in [-0.1, -0.05) is 207 Å². The van der Waals surface area contributed by atoms with Crippen LogP contribution in [0.5, 0.6) is 0 Å². The molecule has 0 aliphatic carbocycles. The summed E-state index contributed by atoms with van der Waals surface area (Å²) in [5.41, 5.74) is 21.8. The van der Waals surface area contributed by atoms with E-state index < -0.39 is 71.5 Å². The summed E-state index contributed by atoms with van der Waals surface area (Å²) in [7, 11) is -0.259. The molecule has 118 heavy (non-hydrogen) atoms. The van der Waals surface area contributed by atoms with Crippen molar-refractivity contribution in [1.29, 1.82) is 0 Å². The predicted molar refractivity (Wildman–Crippen MR) is 490 cm³/mol. The number of nitrogens with two attached hydrogens (primary N) is 1. The lowest BCUT2D eigenvalue weighted by molar-refractivity contribution is -0.114. The number of carbonyl (C=O) groups is 8. The maximum absolute atomic E-state index is 13.4. The van der Waals surface area contributed by atoms with Crippen molar-refractivity contribution in [2.24, 2.45) is 38.0 Å². The third kappa shape index (κ3) is 59.3. The van der Waals surface area contributed by atoms with Gasteiger partial charge in [0.2, 0.25) is 0 Å². The second-order valence-corrected chi connectivity index (χ2v) is 44.4. The normalized spacial score (nSPS) is 15.8. The van der Waals surface area contributed by atoms with Crippen LogP contribution in [0.1, 0.15) is 317 Å². The summed E-state index contributed by atoms with van der Waals surface area (Å²) < 4.78 is 33.8. The SMILES string of the molecule is C=CC[C@H](NNC(=O)OC(C)(C)C)C(C)(C)C.C=CC[Si]1(Cl)O[C@H](c2ccccc2)[C@@H](C)N1C.CC(C)(C)/C=N/NC(=O)OC(C)(C)C.CC(C)(C)C=O.CC(C)(C)OC(=O)NN.CCC[C@H](N(NC(=O)OC(C)(C)C)C(=O)c1cc(C)cc(C)c1)C(C)(C)C.CCC[C@H](NNC(=O)OC(C)(C)C)C(C)(C)C.Cc1cc(C)cc(C(=O)Cl)c1.[HH]. The largest absolute Gasteiger partial charge is 0.443 e. The number of hydrazone groups is 1. The summed E-state index contributed by atoms with van der Waals surface area (Å²) in [5, 5.41) is 4.85. The Morgan fingerprint density at radius 2 is 0.932 bits per heavy atom. The number of amides is 6. The molecule has 6 amide bonds. The standard InChI is InChI=1S/C22H36N2O3.C13H18ClNOSi.C13H28N2O2.C13H26N2O2.C10H20N2O2.C9H9ClO.C5H12N2O2.C5H10O.H2/c1-10-11-18(21(4,5)6)24(23-20(26)27-22(7,8)9)19(25)17-13-15(2)12-16(3)14-17;1-4-10-17(14)15(3)11(2)13(16-17)12-8-6-5-7-9-12;2*1-8-9-10(12(2,3)4)14-15-11(16)17-13(5,6)7;1-9(2,3)7-11-12-8(13)14-10(4,5)6;1-6-3-7(2)5-8(4-6)9(10)11;1-5(2,3)9-4(8)7-6;1-5(2,3)4-6;/h12-14,18H,10-11H2,1-9H3,(H,23,26);4-9,11,13H,1,10H2,2-3H3;10,14H,8-9H2,1-7H3,(H,15,16);8,10,14H,1,9H2,2-7H3,(H,15,16);7H,1-6H3,(H,12,13);3-5H,1-2H3;6H2,1-3H3,(H,7,8);4H,1-3H3;1H/b;;;;11-7+;;;;/t18-;11-,13+,17?;2*10-;;;;;/m0100...../s1. The molecule has 1 aliphatic rings. The molecule has 1 saturated heterocycles. The van der Waals surface area contributed by atoms with Gasteiger partial charge in [0.1, 0.15) is 34.3 Å². The molecule has 28 heteroatoms. The topological polar surface area (TPSA) is 321 Å². The van der Waals surface area contributed by atoms with Gasteiger partial charge >= 0.3 is 38.3 Å². The number of aldehydes is 1. The van der Waals surface area contributed by atoms with E-state index in [1.54, 1.807) is 80.7 Å². The van der Waals surface area contributed by atoms with E-state index in [9.17, 15) is 38.4 Å². The quantitative estimate of drug-likeness (QED) is 0.00595. The number of rotatable bonds is 17. The average molecular weight is 1720 g/mol. The first-order valence-corrected chi connectivity index (χ1v) is 43.9. The van der Waals surface area contributed by atoms with Crippen LogP contribution in [0.15, 0.2) is 97.1 Å². The lowest BCUT2D eigenvalue weighted by atomic mass is 9.83. The zero-order valence-electron chi connectivity index (χ0n) is 79.6. The van der Waals surface area contributed by atoms with Crippen LogP contribution in [-0.2, 0) is 32.9 Å². The Balaban J connectivity index is -0.000000428. The minimum atomic E-state index is -2.31. The van der Waals surface area contributed by atoms with Crippen LogP contribution in [0.2, 0.25) is 6.04 Å². The van der Waals surface area contributed by atoms with E-state index in [-0.39, 0.29) is 58.6 Å². The molecule has 1 unspecified atom stereocenters. The Morgan fingerprint density at radius 3 is 1.25 bits per heavy atom. The fraction of sp³-hybridized carbons (Fsp3) is 0.656. The van der Waals surface area contributed by atoms with E-state index in [2.05, 4.69) is 158 Å². The fourth-order valence-electron chi connectivity index (χ4n) is 10.1. The summed E-state index contributed by atoms with van der Waals surface area (Å²) >= 11 is 11.9. The predicted octanol–water partition coefficient (Wildman–Crippen LogP) is 22.2. The van der Waals surface area contributed by atoms with E-state index in [0.29, 0.717) is 17.2 Å². The van der Waals surface area contributed by atoms with Crippen LogP contribution in [0.25, 0.3) is 0 Å². The highest BCUT2D eigenvalue weighted by atomic mass is 35.6. The highest BCUT2D eigenvalue weighted by Crippen LogP contribution is 2.41. The summed E-state index contributed by atoms with van der Waals surface area (Å²) in [6, 6.07) is 22.8. The number of nitrogens with zero attached hydrogens (tertiary/aromatic N) is 3. The summed E-state index contributed by atoms with van der Waals surface area (Å²) in [6.45, 7) is 79.4. The highest BCUT2D eigenvalue weighted by Gasteiger charge is 2.51. The molecule has 25 nitrogen and oxygen atoms in total. The lowest BCUT2D eigenvalue weighted by Crippen LogP contribution is -2.57. The van der Waals surface area contributed by atoms with Crippen LogP contribution in [0.4, 0.5) is 24.0 Å². The van der Waals surface area contributed by atoms with Gasteiger partial charge in [0, 0.05) is 48.4 Å². The first-order valence-electron chi connectivity index (χ1n) is 40.4. The molecular formula is C90H161Cl2N11O14Si. The molecule has 3 aromatic carbocycles. The van der Waals surface area contributed by atoms with E-state index >= 15 is 0 Å². The molecule has 1 fully saturated rings. The number of hydrazine groups is 4. The first kappa shape index (κ1) is 117. The Labute approximate surface area is 724 Å². The first-order chi connectivity index (χ1) is 53.2. The van der Waals surface area contributed by atoms with Gasteiger partial charge in [0.05, 0.1) is 12.1 Å². The van der Waals surface area contributed by atoms with Crippen molar-refractivity contribution in [3.63, 3.8) is 0 Å². The maximum Gasteiger partial charge on any atom is 0.428 e. The molecule has 0 spiro atoms. The van der Waals surface area contributed by atoms with Crippen molar-refractivity contribution in [2.75, 3.05) is 7.05 Å². The number of aryl methyl sites for hydroxylation is 4. The van der Waals surface area contributed by atoms with Crippen molar-refractivity contribution in [3.05, 3.63) is 131 Å². The molecule has 1 heterocycles. The van der Waals surface area contributed by atoms with Crippen molar-refractivity contribution in [1.82, 2.24) is 47.6 Å². The Morgan fingerprint density at radius 1 is 0.559 bits per heavy atom. The van der Waals surface area contributed by atoms with Gasteiger partial charge in [0.25, 0.3) is 11.1 Å². The number of likely N-dealkylation sites (N-methyl/N-ethyl adjacent to an activating group) is 1. The van der Waals surface area contributed by atoms with Gasteiger partial charge in [-0.05, 0) is 228 Å². The van der Waals surface area contributed by atoms with Gasteiger partial charge in [-0.2, -0.15) is 5.10 Å². The van der Waals surface area contributed by atoms with Crippen LogP contribution in [0.3, 0.4) is 0 Å². The molecular weight excluding hydrogens is 1560 g/mol. The molecule has 4 rings (SSSR count). The van der Waals surface area contributed by atoms with Crippen LogP contribution in [-0.4, -0.2) is 131 Å². The van der Waals surface area contributed by atoms with Crippen molar-refractivity contribution < 1.29 is 67.9 Å². The average Bonchev–Trinajstić information content (AvgIpc) is 1.64. The zero-order chi connectivity index (χ0) is 93.4. The lowest BCUT2D eigenvalue weighted by Gasteiger charge is -2.40. The molecule has 0 bridgehead atoms. The third-order valence-corrected chi connectivity index (χ3v) is 20.1. The Bertz CT molecular complexity index is 3520. The van der Waals surface area contributed by atoms with Gasteiger partial charge in [-0.3, -0.25) is 30.4 Å². The van der Waals surface area contributed by atoms with Crippen LogP contribution >= 0.6 is 22.7 Å². The number of benzene rings is 3. The number of carbonyl (C=O) groups excluding carboxylic acids is 8. The minimum Gasteiger partial charge on any atom is -0.443 e. The molecule has 3 aromatic rings. The van der Waals surface area contributed by atoms with Crippen LogP contribution < -0.4 is 43.8 Å². The van der Waals surface area contributed by atoms with Gasteiger partial charge in [0.15, 0.2) is 0 Å². The van der Waals surface area contributed by atoms with Crippen molar-refractivity contribution in [3.8, 4) is 0 Å². The fourth-order valence-corrected chi connectivity index (χ4v) is 13.6. The van der Waals surface area contributed by atoms with E-state index in [1.807, 2.05) is 171 Å². The summed E-state index contributed by atoms with van der Waals surface area (Å²) in [6.07, 6.45) is 8.25. The molecule has 0 saturated carbocycles. The smallest absolute Gasteiger partial charge is 0.428 e. The van der Waals surface area contributed by atoms with E-state index in [0.717, 1.165) is 66.7 Å². The molecule has 0 aromatic heterocycles. The maximum atomic E-state index is 13.4. The second-order valence-electron chi connectivity index (χ2n) is 39.5. The molecule has 9 N–H and O–H groups in total. The molecule has 0 radical (unpaired) electrons. The molecule has 678 valence electrons. The molecule has 6 atom stereocenters. The number of nitrogens with one attached hydrogen (secondary N) is 7. The summed E-state index contributed by atoms with van der Waals surface area (Å²) in [5.74, 6) is 4.53. The summed E-state index contributed by atoms with van der Waals surface area (Å²) in [4.78, 5) is 90.8.